The standard InChI is InChI=1S/C18H22N4O/c1-2-17-16(11-19-12-20-17)18(23)22-15-9-5-8-14(10-15)21-13-6-3-4-7-13/h5,8-13,21H,2-4,6-7H2,1H3,(H,22,23). The van der Waals surface area contributed by atoms with Gasteiger partial charge in [0.1, 0.15) is 6.33 Å². The first-order valence-corrected chi connectivity index (χ1v) is 8.23. The van der Waals surface area contributed by atoms with Gasteiger partial charge in [-0.3, -0.25) is 4.79 Å². The number of aromatic nitrogens is 2. The molecule has 1 heterocycles. The number of amides is 1. The molecule has 1 fully saturated rings. The van der Waals surface area contributed by atoms with Crippen molar-refractivity contribution in [3.8, 4) is 0 Å². The molecule has 3 rings (SSSR count). The van der Waals surface area contributed by atoms with E-state index in [9.17, 15) is 4.79 Å². The minimum Gasteiger partial charge on any atom is -0.382 e. The van der Waals surface area contributed by atoms with Crippen molar-refractivity contribution >= 4 is 17.3 Å². The maximum atomic E-state index is 12.4. The van der Waals surface area contributed by atoms with Crippen LogP contribution in [0.15, 0.2) is 36.8 Å². The maximum absolute atomic E-state index is 12.4. The van der Waals surface area contributed by atoms with Crippen molar-refractivity contribution < 1.29 is 4.79 Å². The van der Waals surface area contributed by atoms with E-state index in [2.05, 4.69) is 20.6 Å². The summed E-state index contributed by atoms with van der Waals surface area (Å²) in [6.07, 6.45) is 8.78. The van der Waals surface area contributed by atoms with Gasteiger partial charge in [0.05, 0.1) is 11.3 Å². The van der Waals surface area contributed by atoms with Crippen LogP contribution in [0.5, 0.6) is 0 Å². The number of hydrogen-bond acceptors (Lipinski definition) is 4. The minimum atomic E-state index is -0.166. The van der Waals surface area contributed by atoms with E-state index < -0.39 is 0 Å². The smallest absolute Gasteiger partial charge is 0.259 e. The zero-order valence-electron chi connectivity index (χ0n) is 13.4. The molecule has 0 atom stereocenters. The number of carbonyl (C=O) groups excluding carboxylic acids is 1. The second kappa shape index (κ2) is 7.22. The summed E-state index contributed by atoms with van der Waals surface area (Å²) < 4.78 is 0. The minimum absolute atomic E-state index is 0.166. The molecule has 1 aromatic heterocycles. The zero-order chi connectivity index (χ0) is 16.1. The number of benzene rings is 1. The Morgan fingerprint density at radius 2 is 2.04 bits per heavy atom. The molecule has 1 aromatic carbocycles. The molecule has 120 valence electrons. The molecule has 5 nitrogen and oxygen atoms in total. The second-order valence-electron chi connectivity index (χ2n) is 5.90. The van der Waals surface area contributed by atoms with E-state index in [1.54, 1.807) is 6.20 Å². The fourth-order valence-electron chi connectivity index (χ4n) is 3.02. The average molecular weight is 310 g/mol. The molecule has 1 aliphatic rings. The highest BCUT2D eigenvalue weighted by Crippen LogP contribution is 2.24. The highest BCUT2D eigenvalue weighted by molar-refractivity contribution is 6.05. The van der Waals surface area contributed by atoms with Gasteiger partial charge >= 0.3 is 0 Å². The molecule has 1 saturated carbocycles. The molecule has 0 bridgehead atoms. The molecule has 2 aromatic rings. The first-order chi connectivity index (χ1) is 11.3. The largest absolute Gasteiger partial charge is 0.382 e. The van der Waals surface area contributed by atoms with Gasteiger partial charge < -0.3 is 10.6 Å². The van der Waals surface area contributed by atoms with E-state index in [-0.39, 0.29) is 5.91 Å². The van der Waals surface area contributed by atoms with E-state index in [1.165, 1.54) is 32.0 Å². The van der Waals surface area contributed by atoms with Gasteiger partial charge in [-0.05, 0) is 37.5 Å². The maximum Gasteiger partial charge on any atom is 0.259 e. The van der Waals surface area contributed by atoms with E-state index in [1.807, 2.05) is 31.2 Å². The lowest BCUT2D eigenvalue weighted by Gasteiger charge is -2.15. The molecule has 1 amide bonds. The van der Waals surface area contributed by atoms with Crippen molar-refractivity contribution in [2.75, 3.05) is 10.6 Å². The van der Waals surface area contributed by atoms with Crippen molar-refractivity contribution in [2.45, 2.75) is 45.1 Å². The highest BCUT2D eigenvalue weighted by atomic mass is 16.1. The van der Waals surface area contributed by atoms with Crippen LogP contribution in [0, 0.1) is 0 Å². The quantitative estimate of drug-likeness (QED) is 0.884. The van der Waals surface area contributed by atoms with Crippen molar-refractivity contribution in [2.24, 2.45) is 0 Å². The van der Waals surface area contributed by atoms with Gasteiger partial charge in [0, 0.05) is 23.6 Å². The van der Waals surface area contributed by atoms with Crippen molar-refractivity contribution in [1.82, 2.24) is 9.97 Å². The lowest BCUT2D eigenvalue weighted by atomic mass is 10.1. The Labute approximate surface area is 136 Å². The normalized spacial score (nSPS) is 14.7. The fourth-order valence-corrected chi connectivity index (χ4v) is 3.02. The monoisotopic (exact) mass is 310 g/mol. The Balaban J connectivity index is 1.70. The molecule has 1 aliphatic carbocycles. The van der Waals surface area contributed by atoms with Crippen LogP contribution in [0.1, 0.15) is 48.7 Å². The Hall–Kier alpha value is -2.43. The van der Waals surface area contributed by atoms with Gasteiger partial charge in [-0.2, -0.15) is 0 Å². The van der Waals surface area contributed by atoms with Crippen molar-refractivity contribution in [1.29, 1.82) is 0 Å². The van der Waals surface area contributed by atoms with Crippen molar-refractivity contribution in [3.05, 3.63) is 48.0 Å². The number of nitrogens with zero attached hydrogens (tertiary/aromatic N) is 2. The molecule has 0 radical (unpaired) electrons. The lowest BCUT2D eigenvalue weighted by Crippen LogP contribution is -2.17. The van der Waals surface area contributed by atoms with Crippen LogP contribution in [0.3, 0.4) is 0 Å². The van der Waals surface area contributed by atoms with Crippen LogP contribution in [0.25, 0.3) is 0 Å². The second-order valence-corrected chi connectivity index (χ2v) is 5.90. The van der Waals surface area contributed by atoms with Crippen LogP contribution in [0.2, 0.25) is 0 Å². The summed E-state index contributed by atoms with van der Waals surface area (Å²) in [5, 5.41) is 6.48. The topological polar surface area (TPSA) is 66.9 Å². The summed E-state index contributed by atoms with van der Waals surface area (Å²) in [5.41, 5.74) is 3.13. The molecule has 0 aliphatic heterocycles. The van der Waals surface area contributed by atoms with Crippen molar-refractivity contribution in [3.63, 3.8) is 0 Å². The number of nitrogens with one attached hydrogen (secondary N) is 2. The van der Waals surface area contributed by atoms with Crippen LogP contribution >= 0.6 is 0 Å². The van der Waals surface area contributed by atoms with Crippen LogP contribution in [-0.2, 0) is 6.42 Å². The van der Waals surface area contributed by atoms with Gasteiger partial charge in [0.25, 0.3) is 5.91 Å². The van der Waals surface area contributed by atoms with E-state index in [0.29, 0.717) is 18.0 Å². The van der Waals surface area contributed by atoms with E-state index in [4.69, 9.17) is 0 Å². The number of rotatable bonds is 5. The van der Waals surface area contributed by atoms with Gasteiger partial charge in [-0.25, -0.2) is 9.97 Å². The SMILES string of the molecule is CCc1ncncc1C(=O)Nc1cccc(NC2CCCC2)c1. The van der Waals surface area contributed by atoms with Gasteiger partial charge in [-0.1, -0.05) is 25.8 Å². The Kier molecular flexibility index (Phi) is 4.86. The summed E-state index contributed by atoms with van der Waals surface area (Å²) in [5.74, 6) is -0.166. The average Bonchev–Trinajstić information content (AvgIpc) is 3.08. The Morgan fingerprint density at radius 3 is 2.83 bits per heavy atom. The first kappa shape index (κ1) is 15.5. The molecule has 2 N–H and O–H groups in total. The summed E-state index contributed by atoms with van der Waals surface area (Å²) in [7, 11) is 0. The predicted octanol–water partition coefficient (Wildman–Crippen LogP) is 3.65. The highest BCUT2D eigenvalue weighted by Gasteiger charge is 2.15. The lowest BCUT2D eigenvalue weighted by molar-refractivity contribution is 0.102. The number of hydrogen-bond donors (Lipinski definition) is 2. The zero-order valence-corrected chi connectivity index (χ0v) is 13.4. The summed E-state index contributed by atoms with van der Waals surface area (Å²) in [4.78, 5) is 20.6. The molecule has 5 heteroatoms. The van der Waals surface area contributed by atoms with Crippen LogP contribution < -0.4 is 10.6 Å². The van der Waals surface area contributed by atoms with Gasteiger partial charge in [-0.15, -0.1) is 0 Å². The van der Waals surface area contributed by atoms with Gasteiger partial charge in [0.2, 0.25) is 0 Å². The third-order valence-corrected chi connectivity index (χ3v) is 4.22. The molecule has 23 heavy (non-hydrogen) atoms. The summed E-state index contributed by atoms with van der Waals surface area (Å²) in [6, 6.07) is 8.42. The molecular formula is C18H22N4O. The number of aryl methyl sites for hydroxylation is 1. The third kappa shape index (κ3) is 3.86. The number of carbonyl (C=O) groups is 1. The molecule has 0 unspecified atom stereocenters. The summed E-state index contributed by atoms with van der Waals surface area (Å²) in [6.45, 7) is 1.98. The van der Waals surface area contributed by atoms with Crippen LogP contribution in [0.4, 0.5) is 11.4 Å². The molecular weight excluding hydrogens is 288 g/mol. The van der Waals surface area contributed by atoms with E-state index >= 15 is 0 Å². The van der Waals surface area contributed by atoms with Gasteiger partial charge in [0.15, 0.2) is 0 Å². The molecule has 0 spiro atoms. The van der Waals surface area contributed by atoms with Crippen LogP contribution in [-0.4, -0.2) is 21.9 Å². The Bertz CT molecular complexity index is 680. The van der Waals surface area contributed by atoms with E-state index in [0.717, 1.165) is 17.1 Å². The Morgan fingerprint density at radius 1 is 1.26 bits per heavy atom. The summed E-state index contributed by atoms with van der Waals surface area (Å²) >= 11 is 0. The fraction of sp³-hybridized carbons (Fsp3) is 0.389. The number of anilines is 2. The first-order valence-electron chi connectivity index (χ1n) is 8.23. The molecule has 0 saturated heterocycles. The third-order valence-electron chi connectivity index (χ3n) is 4.22. The predicted molar refractivity (Wildman–Crippen MR) is 91.7 cm³/mol.